The molecule has 100 valence electrons. The van der Waals surface area contributed by atoms with Crippen LogP contribution in [0.1, 0.15) is 43.9 Å². The topological polar surface area (TPSA) is 30.5 Å². The van der Waals surface area contributed by atoms with Gasteiger partial charge in [0.1, 0.15) is 0 Å². The minimum absolute atomic E-state index is 0.265. The molecule has 1 aliphatic carbocycles. The molecule has 3 nitrogen and oxygen atoms in total. The van der Waals surface area contributed by atoms with E-state index in [1.165, 1.54) is 17.5 Å². The van der Waals surface area contributed by atoms with Gasteiger partial charge in [-0.2, -0.15) is 5.48 Å². The summed E-state index contributed by atoms with van der Waals surface area (Å²) in [4.78, 5) is 5.46. The van der Waals surface area contributed by atoms with Crippen molar-refractivity contribution in [1.82, 2.24) is 5.48 Å². The first-order chi connectivity index (χ1) is 8.65. The molecule has 2 rings (SSSR count). The molecule has 0 saturated carbocycles. The maximum atomic E-state index is 5.46. The Bertz CT molecular complexity index is 390. The molecular weight excluding hydrogens is 226 g/mol. The molecule has 1 N–H and O–H groups in total. The standard InChI is InChI=1S/C15H23NO2/c1-15(2)9-8-14(16-18-11-10-17-3)12-6-4-5-7-13(12)15/h4-7,14,16H,8-11H2,1-3H3. The molecule has 0 fully saturated rings. The lowest BCUT2D eigenvalue weighted by Gasteiger charge is -2.37. The van der Waals surface area contributed by atoms with Gasteiger partial charge in [-0.25, -0.2) is 0 Å². The molecule has 18 heavy (non-hydrogen) atoms. The highest BCUT2D eigenvalue weighted by atomic mass is 16.7. The van der Waals surface area contributed by atoms with Crippen molar-refractivity contribution in [3.63, 3.8) is 0 Å². The summed E-state index contributed by atoms with van der Waals surface area (Å²) in [6.45, 7) is 5.83. The second kappa shape index (κ2) is 5.83. The third-order valence-electron chi connectivity index (χ3n) is 3.74. The van der Waals surface area contributed by atoms with Gasteiger partial charge in [-0.15, -0.1) is 0 Å². The summed E-state index contributed by atoms with van der Waals surface area (Å²) >= 11 is 0. The van der Waals surface area contributed by atoms with E-state index in [1.807, 2.05) is 0 Å². The predicted molar refractivity (Wildman–Crippen MR) is 72.4 cm³/mol. The maximum Gasteiger partial charge on any atom is 0.0916 e. The van der Waals surface area contributed by atoms with Gasteiger partial charge in [-0.05, 0) is 29.4 Å². The molecular formula is C15H23NO2. The summed E-state index contributed by atoms with van der Waals surface area (Å²) in [6, 6.07) is 8.95. The van der Waals surface area contributed by atoms with E-state index in [2.05, 4.69) is 43.6 Å². The van der Waals surface area contributed by atoms with E-state index in [1.54, 1.807) is 7.11 Å². The number of hydrogen-bond donors (Lipinski definition) is 1. The Morgan fingerprint density at radius 2 is 2.06 bits per heavy atom. The zero-order chi connectivity index (χ0) is 13.0. The first kappa shape index (κ1) is 13.5. The molecule has 1 atom stereocenters. The van der Waals surface area contributed by atoms with Crippen LogP contribution in [0.3, 0.4) is 0 Å². The number of ether oxygens (including phenoxy) is 1. The predicted octanol–water partition coefficient (Wildman–Crippen LogP) is 2.97. The van der Waals surface area contributed by atoms with Gasteiger partial charge >= 0.3 is 0 Å². The number of benzene rings is 1. The van der Waals surface area contributed by atoms with Crippen molar-refractivity contribution in [2.45, 2.75) is 38.1 Å². The van der Waals surface area contributed by atoms with Gasteiger partial charge in [0.15, 0.2) is 0 Å². The molecule has 0 heterocycles. The molecule has 0 bridgehead atoms. The van der Waals surface area contributed by atoms with Gasteiger partial charge in [-0.3, -0.25) is 4.84 Å². The van der Waals surface area contributed by atoms with Crippen LogP contribution >= 0.6 is 0 Å². The first-order valence-electron chi connectivity index (χ1n) is 6.61. The highest BCUT2D eigenvalue weighted by Crippen LogP contribution is 2.41. The summed E-state index contributed by atoms with van der Waals surface area (Å²) in [5, 5.41) is 0. The Hall–Kier alpha value is -0.900. The molecule has 0 aliphatic heterocycles. The minimum atomic E-state index is 0.265. The number of hydrogen-bond acceptors (Lipinski definition) is 3. The van der Waals surface area contributed by atoms with E-state index >= 15 is 0 Å². The third-order valence-corrected chi connectivity index (χ3v) is 3.74. The van der Waals surface area contributed by atoms with Crippen molar-refractivity contribution in [2.24, 2.45) is 0 Å². The Morgan fingerprint density at radius 1 is 1.28 bits per heavy atom. The summed E-state index contributed by atoms with van der Waals surface area (Å²) in [7, 11) is 1.68. The number of fused-ring (bicyclic) bond motifs is 1. The van der Waals surface area contributed by atoms with E-state index in [9.17, 15) is 0 Å². The fourth-order valence-electron chi connectivity index (χ4n) is 2.62. The van der Waals surface area contributed by atoms with Gasteiger partial charge in [-0.1, -0.05) is 38.1 Å². The van der Waals surface area contributed by atoms with Crippen LogP contribution in [0, 0.1) is 0 Å². The van der Waals surface area contributed by atoms with Gasteiger partial charge in [0.25, 0.3) is 0 Å². The number of methoxy groups -OCH3 is 1. The average Bonchev–Trinajstić information content (AvgIpc) is 2.37. The van der Waals surface area contributed by atoms with Crippen LogP contribution in [0.5, 0.6) is 0 Å². The Morgan fingerprint density at radius 3 is 2.83 bits per heavy atom. The van der Waals surface area contributed by atoms with Crippen LogP contribution in [0.25, 0.3) is 0 Å². The van der Waals surface area contributed by atoms with Gasteiger partial charge in [0.2, 0.25) is 0 Å². The van der Waals surface area contributed by atoms with Crippen LogP contribution in [-0.2, 0) is 15.0 Å². The van der Waals surface area contributed by atoms with Crippen molar-refractivity contribution in [3.8, 4) is 0 Å². The lowest BCUT2D eigenvalue weighted by Crippen LogP contribution is -2.33. The zero-order valence-electron chi connectivity index (χ0n) is 11.5. The molecule has 0 radical (unpaired) electrons. The second-order valence-corrected chi connectivity index (χ2v) is 5.52. The molecule has 0 saturated heterocycles. The Balaban J connectivity index is 2.06. The summed E-state index contributed by atoms with van der Waals surface area (Å²) in [5.41, 5.74) is 6.24. The largest absolute Gasteiger partial charge is 0.382 e. The SMILES string of the molecule is COCCONC1CCC(C)(C)c2ccccc21. The lowest BCUT2D eigenvalue weighted by atomic mass is 9.71. The van der Waals surface area contributed by atoms with Crippen LogP contribution < -0.4 is 5.48 Å². The van der Waals surface area contributed by atoms with Crippen molar-refractivity contribution in [3.05, 3.63) is 35.4 Å². The van der Waals surface area contributed by atoms with E-state index in [0.717, 1.165) is 6.42 Å². The monoisotopic (exact) mass is 249 g/mol. The molecule has 1 aliphatic rings. The molecule has 3 heteroatoms. The van der Waals surface area contributed by atoms with Gasteiger partial charge < -0.3 is 4.74 Å². The maximum absolute atomic E-state index is 5.46. The van der Waals surface area contributed by atoms with E-state index < -0.39 is 0 Å². The van der Waals surface area contributed by atoms with Gasteiger partial charge in [0.05, 0.1) is 19.3 Å². The van der Waals surface area contributed by atoms with Crippen LogP contribution in [-0.4, -0.2) is 20.3 Å². The highest BCUT2D eigenvalue weighted by molar-refractivity contribution is 5.37. The summed E-state index contributed by atoms with van der Waals surface area (Å²) in [6.07, 6.45) is 2.28. The number of rotatable bonds is 5. The van der Waals surface area contributed by atoms with E-state index in [4.69, 9.17) is 9.57 Å². The van der Waals surface area contributed by atoms with Crippen LogP contribution in [0.4, 0.5) is 0 Å². The molecule has 1 aromatic carbocycles. The normalized spacial score (nSPS) is 21.6. The van der Waals surface area contributed by atoms with Crippen molar-refractivity contribution in [2.75, 3.05) is 20.3 Å². The number of nitrogens with one attached hydrogen (secondary N) is 1. The van der Waals surface area contributed by atoms with Crippen LogP contribution in [0.2, 0.25) is 0 Å². The first-order valence-corrected chi connectivity index (χ1v) is 6.61. The van der Waals surface area contributed by atoms with Gasteiger partial charge in [0, 0.05) is 7.11 Å². The molecule has 0 spiro atoms. The summed E-state index contributed by atoms with van der Waals surface area (Å²) in [5.74, 6) is 0. The highest BCUT2D eigenvalue weighted by Gasteiger charge is 2.32. The second-order valence-electron chi connectivity index (χ2n) is 5.52. The molecule has 0 amide bonds. The average molecular weight is 249 g/mol. The van der Waals surface area contributed by atoms with Crippen molar-refractivity contribution >= 4 is 0 Å². The van der Waals surface area contributed by atoms with E-state index in [0.29, 0.717) is 19.3 Å². The molecule has 1 unspecified atom stereocenters. The number of hydroxylamine groups is 1. The summed E-state index contributed by atoms with van der Waals surface area (Å²) < 4.78 is 4.97. The third kappa shape index (κ3) is 2.91. The Kier molecular flexibility index (Phi) is 4.38. The van der Waals surface area contributed by atoms with Crippen molar-refractivity contribution in [1.29, 1.82) is 0 Å². The minimum Gasteiger partial charge on any atom is -0.382 e. The van der Waals surface area contributed by atoms with E-state index in [-0.39, 0.29) is 5.41 Å². The Labute approximate surface area is 109 Å². The lowest BCUT2D eigenvalue weighted by molar-refractivity contribution is -0.0170. The smallest absolute Gasteiger partial charge is 0.0916 e. The fourth-order valence-corrected chi connectivity index (χ4v) is 2.62. The fraction of sp³-hybridized carbons (Fsp3) is 0.600. The van der Waals surface area contributed by atoms with Crippen molar-refractivity contribution < 1.29 is 9.57 Å². The molecule has 1 aromatic rings. The zero-order valence-corrected chi connectivity index (χ0v) is 11.5. The molecule has 0 aromatic heterocycles. The quantitative estimate of drug-likeness (QED) is 0.643. The van der Waals surface area contributed by atoms with Crippen LogP contribution in [0.15, 0.2) is 24.3 Å².